The van der Waals surface area contributed by atoms with E-state index in [9.17, 15) is 0 Å². The molecule has 2 N–H and O–H groups in total. The zero-order chi connectivity index (χ0) is 16.5. The summed E-state index contributed by atoms with van der Waals surface area (Å²) in [6.45, 7) is 2.49. The smallest absolute Gasteiger partial charge is 0.206 e. The summed E-state index contributed by atoms with van der Waals surface area (Å²) < 4.78 is 22.6. The van der Waals surface area contributed by atoms with Crippen LogP contribution in [0.3, 0.4) is 0 Å². The molecule has 3 heterocycles. The molecule has 0 bridgehead atoms. The third kappa shape index (κ3) is 3.23. The first-order valence-corrected chi connectivity index (χ1v) is 10.2. The van der Waals surface area contributed by atoms with E-state index in [-0.39, 0.29) is 6.29 Å². The molecule has 132 valence electrons. The normalized spacial score (nSPS) is 33.3. The second-order valence-corrected chi connectivity index (χ2v) is 9.13. The van der Waals surface area contributed by atoms with E-state index >= 15 is 0 Å². The molecule has 0 radical (unpaired) electrons. The molecular weight excluding hydrogens is 346 g/mol. The van der Waals surface area contributed by atoms with E-state index in [1.165, 1.54) is 5.56 Å². The Bertz CT molecular complexity index is 549. The minimum absolute atomic E-state index is 0.167. The summed E-state index contributed by atoms with van der Waals surface area (Å²) >= 11 is 3.49. The molecule has 0 amide bonds. The van der Waals surface area contributed by atoms with Crippen LogP contribution in [0.1, 0.15) is 23.7 Å². The van der Waals surface area contributed by atoms with Gasteiger partial charge in [0.05, 0.1) is 26.4 Å². The molecule has 1 aromatic rings. The highest BCUT2D eigenvalue weighted by atomic mass is 32.2. The van der Waals surface area contributed by atoms with Crippen molar-refractivity contribution in [2.45, 2.75) is 34.4 Å². The Morgan fingerprint density at radius 2 is 1.75 bits per heavy atom. The monoisotopic (exact) mass is 369 g/mol. The van der Waals surface area contributed by atoms with Crippen LogP contribution in [-0.4, -0.2) is 48.5 Å². The molecule has 24 heavy (non-hydrogen) atoms. The van der Waals surface area contributed by atoms with Crippen molar-refractivity contribution in [1.82, 2.24) is 0 Å². The van der Waals surface area contributed by atoms with Crippen LogP contribution in [0.5, 0.6) is 0 Å². The van der Waals surface area contributed by atoms with Crippen LogP contribution >= 0.6 is 23.5 Å². The van der Waals surface area contributed by atoms with Crippen LogP contribution in [-0.2, 0) is 18.9 Å². The molecule has 0 saturated carbocycles. The fourth-order valence-electron chi connectivity index (χ4n) is 3.37. The van der Waals surface area contributed by atoms with Gasteiger partial charge in [0.2, 0.25) is 5.79 Å². The van der Waals surface area contributed by atoms with Crippen LogP contribution in [0.15, 0.2) is 30.3 Å². The lowest BCUT2D eigenvalue weighted by molar-refractivity contribution is -0.179. The Hall–Kier alpha value is -0.280. The van der Waals surface area contributed by atoms with Crippen molar-refractivity contribution >= 4 is 23.5 Å². The zero-order valence-corrected chi connectivity index (χ0v) is 15.2. The third-order valence-corrected chi connectivity index (χ3v) is 8.10. The molecule has 3 aliphatic heterocycles. The molecule has 1 aromatic carbocycles. The quantitative estimate of drug-likeness (QED) is 0.856. The van der Waals surface area contributed by atoms with E-state index < -0.39 is 9.99 Å². The average Bonchev–Trinajstić information content (AvgIpc) is 3.35. The molecule has 0 spiro atoms. The van der Waals surface area contributed by atoms with Gasteiger partial charge in [-0.2, -0.15) is 0 Å². The van der Waals surface area contributed by atoms with Crippen molar-refractivity contribution in [3.8, 4) is 0 Å². The molecule has 2 atom stereocenters. The molecule has 3 aliphatic rings. The van der Waals surface area contributed by atoms with Gasteiger partial charge in [-0.3, -0.25) is 0 Å². The topological polar surface area (TPSA) is 62.9 Å². The Morgan fingerprint density at radius 1 is 1.04 bits per heavy atom. The maximum Gasteiger partial charge on any atom is 0.206 e. The van der Waals surface area contributed by atoms with E-state index in [4.69, 9.17) is 24.7 Å². The maximum atomic E-state index is 6.81. The predicted molar refractivity (Wildman–Crippen MR) is 95.7 cm³/mol. The van der Waals surface area contributed by atoms with Gasteiger partial charge >= 0.3 is 0 Å². The van der Waals surface area contributed by atoms with Crippen molar-refractivity contribution in [3.05, 3.63) is 35.9 Å². The molecule has 0 aliphatic carbocycles. The van der Waals surface area contributed by atoms with Gasteiger partial charge < -0.3 is 24.7 Å². The van der Waals surface area contributed by atoms with Crippen LogP contribution < -0.4 is 5.73 Å². The molecule has 3 saturated heterocycles. The minimum atomic E-state index is -0.777. The maximum absolute atomic E-state index is 6.81. The molecule has 7 heteroatoms. The number of rotatable bonds is 5. The Balaban J connectivity index is 1.48. The Labute approximate surface area is 150 Å². The number of hydrogen-bond donors (Lipinski definition) is 1. The van der Waals surface area contributed by atoms with Crippen LogP contribution in [0, 0.1) is 0 Å². The number of ether oxygens (including phenoxy) is 4. The molecule has 5 nitrogen and oxygen atoms in total. The highest BCUT2D eigenvalue weighted by Crippen LogP contribution is 2.59. The Morgan fingerprint density at radius 3 is 2.46 bits per heavy atom. The lowest BCUT2D eigenvalue weighted by Crippen LogP contribution is -2.56. The van der Waals surface area contributed by atoms with Crippen molar-refractivity contribution in [2.75, 3.05) is 32.2 Å². The minimum Gasteiger partial charge on any atom is -0.350 e. The van der Waals surface area contributed by atoms with Gasteiger partial charge in [-0.1, -0.05) is 30.3 Å². The van der Waals surface area contributed by atoms with Crippen molar-refractivity contribution in [3.63, 3.8) is 0 Å². The zero-order valence-electron chi connectivity index (χ0n) is 13.5. The summed E-state index contributed by atoms with van der Waals surface area (Å²) in [6, 6.07) is 10.5. The van der Waals surface area contributed by atoms with E-state index in [1.807, 2.05) is 6.07 Å². The standard InChI is InChI=1S/C17H23NO4S2/c18-17(23-12-14(24-17)13-4-2-1-3-5-13)16(21-10-11-22-16)7-6-15-19-8-9-20-15/h1-5,14-15H,6-12,18H2/t14?,17-/m1/s1. The first-order chi connectivity index (χ1) is 11.7. The second kappa shape index (κ2) is 7.15. The largest absolute Gasteiger partial charge is 0.350 e. The summed E-state index contributed by atoms with van der Waals surface area (Å²) in [6.07, 6.45) is 1.24. The fourth-order valence-corrected chi connectivity index (χ4v) is 6.81. The van der Waals surface area contributed by atoms with Gasteiger partial charge in [-0.15, -0.1) is 23.5 Å². The van der Waals surface area contributed by atoms with Gasteiger partial charge in [0.1, 0.15) is 0 Å². The van der Waals surface area contributed by atoms with Gasteiger partial charge in [-0.25, -0.2) is 0 Å². The predicted octanol–water partition coefficient (Wildman–Crippen LogP) is 2.72. The summed E-state index contributed by atoms with van der Waals surface area (Å²) in [5.74, 6) is 0.178. The van der Waals surface area contributed by atoms with Crippen LogP contribution in [0.25, 0.3) is 0 Å². The molecule has 1 unspecified atom stereocenters. The van der Waals surface area contributed by atoms with Gasteiger partial charge in [0, 0.05) is 23.8 Å². The van der Waals surface area contributed by atoms with Crippen molar-refractivity contribution in [2.24, 2.45) is 5.73 Å². The summed E-state index contributed by atoms with van der Waals surface area (Å²) in [5, 5.41) is 0.352. The highest BCUT2D eigenvalue weighted by Gasteiger charge is 2.58. The summed E-state index contributed by atoms with van der Waals surface area (Å²) in [7, 11) is 0. The number of hydrogen-bond acceptors (Lipinski definition) is 7. The van der Waals surface area contributed by atoms with E-state index in [0.717, 1.165) is 12.2 Å². The number of nitrogens with two attached hydrogens (primary N) is 1. The van der Waals surface area contributed by atoms with E-state index in [2.05, 4.69) is 24.3 Å². The molecule has 0 aromatic heterocycles. The number of benzene rings is 1. The van der Waals surface area contributed by atoms with E-state index in [0.29, 0.717) is 38.1 Å². The van der Waals surface area contributed by atoms with E-state index in [1.54, 1.807) is 23.5 Å². The lowest BCUT2D eigenvalue weighted by Gasteiger charge is -2.40. The van der Waals surface area contributed by atoms with Crippen LogP contribution in [0.2, 0.25) is 0 Å². The van der Waals surface area contributed by atoms with Gasteiger partial charge in [-0.05, 0) is 5.56 Å². The highest BCUT2D eigenvalue weighted by molar-refractivity contribution is 8.21. The number of thioether (sulfide) groups is 2. The first kappa shape index (κ1) is 17.1. The van der Waals surface area contributed by atoms with Gasteiger partial charge in [0.25, 0.3) is 0 Å². The molecule has 4 rings (SSSR count). The second-order valence-electron chi connectivity index (χ2n) is 6.16. The third-order valence-electron chi connectivity index (χ3n) is 4.62. The first-order valence-electron chi connectivity index (χ1n) is 8.38. The van der Waals surface area contributed by atoms with Crippen molar-refractivity contribution in [1.29, 1.82) is 0 Å². The van der Waals surface area contributed by atoms with Crippen LogP contribution in [0.4, 0.5) is 0 Å². The molecule has 3 fully saturated rings. The van der Waals surface area contributed by atoms with Gasteiger partial charge in [0.15, 0.2) is 10.5 Å². The summed E-state index contributed by atoms with van der Waals surface area (Å²) in [4.78, 5) is 0. The van der Waals surface area contributed by atoms with Crippen molar-refractivity contribution < 1.29 is 18.9 Å². The fraction of sp³-hybridized carbons (Fsp3) is 0.647. The lowest BCUT2D eigenvalue weighted by atomic mass is 10.1. The molecular formula is C17H23NO4S2. The SMILES string of the molecule is N[C@]1(C2(CCC3OCCO3)OCCO2)SCC(c2ccccc2)S1. The summed E-state index contributed by atoms with van der Waals surface area (Å²) in [5.41, 5.74) is 8.11. The average molecular weight is 370 g/mol. The Kier molecular flexibility index (Phi) is 5.11.